The lowest BCUT2D eigenvalue weighted by atomic mass is 9.94. The molecule has 0 radical (unpaired) electrons. The highest BCUT2D eigenvalue weighted by Crippen LogP contribution is 2.41. The fraction of sp³-hybridized carbons (Fsp3) is 0.214. The molecule has 5 rings (SSSR count). The second kappa shape index (κ2) is 9.30. The lowest BCUT2D eigenvalue weighted by Crippen LogP contribution is -2.36. The zero-order valence-corrected chi connectivity index (χ0v) is 20.2. The van der Waals surface area contributed by atoms with Crippen molar-refractivity contribution < 1.29 is 19.1 Å². The molecule has 0 bridgehead atoms. The summed E-state index contributed by atoms with van der Waals surface area (Å²) in [4.78, 5) is 37.8. The number of methoxy groups -OCH3 is 1. The van der Waals surface area contributed by atoms with Gasteiger partial charge >= 0.3 is 5.97 Å². The third kappa shape index (κ3) is 4.11. The van der Waals surface area contributed by atoms with Crippen LogP contribution in [0, 0.1) is 6.92 Å². The first-order valence-electron chi connectivity index (χ1n) is 11.6. The van der Waals surface area contributed by atoms with Gasteiger partial charge in [-0.2, -0.15) is 5.10 Å². The summed E-state index contributed by atoms with van der Waals surface area (Å²) in [5.74, 6) is -0.102. The van der Waals surface area contributed by atoms with Crippen LogP contribution in [-0.4, -0.2) is 41.4 Å². The van der Waals surface area contributed by atoms with E-state index in [1.807, 2.05) is 25.1 Å². The molecule has 4 aromatic rings. The summed E-state index contributed by atoms with van der Waals surface area (Å²) in [6, 6.07) is 18.2. The van der Waals surface area contributed by atoms with E-state index in [0.29, 0.717) is 28.5 Å². The fourth-order valence-corrected chi connectivity index (χ4v) is 4.67. The van der Waals surface area contributed by atoms with Crippen molar-refractivity contribution in [2.45, 2.75) is 19.4 Å². The first kappa shape index (κ1) is 23.3. The molecule has 3 aromatic carbocycles. The SMILES string of the molecule is COC(=O)c1ccccc1-c1cc(C)cc2c1OC(CNC(=O)c1nn(C)c(=O)c3ccccc13)C2. The lowest BCUT2D eigenvalue weighted by molar-refractivity contribution is 0.0601. The van der Waals surface area contributed by atoms with E-state index in [1.165, 1.54) is 18.8 Å². The number of carbonyl (C=O) groups is 2. The summed E-state index contributed by atoms with van der Waals surface area (Å²) in [6.45, 7) is 2.25. The number of fused-ring (bicyclic) bond motifs is 2. The Bertz CT molecular complexity index is 1570. The van der Waals surface area contributed by atoms with Gasteiger partial charge in [0.2, 0.25) is 0 Å². The molecule has 36 heavy (non-hydrogen) atoms. The summed E-state index contributed by atoms with van der Waals surface area (Å²) in [5, 5.41) is 8.05. The van der Waals surface area contributed by atoms with Crippen LogP contribution in [0.4, 0.5) is 0 Å². The van der Waals surface area contributed by atoms with Crippen molar-refractivity contribution in [1.82, 2.24) is 15.1 Å². The van der Waals surface area contributed by atoms with Crippen LogP contribution in [0.2, 0.25) is 0 Å². The number of hydrogen-bond donors (Lipinski definition) is 1. The summed E-state index contributed by atoms with van der Waals surface area (Å²) < 4.78 is 12.4. The number of esters is 1. The summed E-state index contributed by atoms with van der Waals surface area (Å²) >= 11 is 0. The number of nitrogens with one attached hydrogen (secondary N) is 1. The zero-order valence-electron chi connectivity index (χ0n) is 20.2. The number of carbonyl (C=O) groups excluding carboxylic acids is 2. The molecule has 8 heteroatoms. The van der Waals surface area contributed by atoms with E-state index in [9.17, 15) is 14.4 Å². The summed E-state index contributed by atoms with van der Waals surface area (Å²) in [5.41, 5.74) is 3.98. The molecule has 1 aliphatic heterocycles. The second-order valence-electron chi connectivity index (χ2n) is 8.81. The average Bonchev–Trinajstić information content (AvgIpc) is 3.31. The molecular formula is C28H25N3O5. The molecule has 1 amide bonds. The molecule has 0 aliphatic carbocycles. The van der Waals surface area contributed by atoms with Gasteiger partial charge in [0, 0.05) is 24.4 Å². The van der Waals surface area contributed by atoms with Crippen molar-refractivity contribution in [3.05, 3.63) is 93.4 Å². The molecule has 0 saturated heterocycles. The molecule has 0 fully saturated rings. The zero-order chi connectivity index (χ0) is 25.4. The van der Waals surface area contributed by atoms with Gasteiger partial charge in [-0.1, -0.05) is 42.5 Å². The third-order valence-corrected chi connectivity index (χ3v) is 6.33. The van der Waals surface area contributed by atoms with E-state index in [4.69, 9.17) is 9.47 Å². The fourth-order valence-electron chi connectivity index (χ4n) is 4.67. The summed E-state index contributed by atoms with van der Waals surface area (Å²) in [7, 11) is 2.88. The predicted octanol–water partition coefficient (Wildman–Crippen LogP) is 3.43. The van der Waals surface area contributed by atoms with Gasteiger partial charge in [-0.15, -0.1) is 0 Å². The molecule has 1 atom stereocenters. The Morgan fingerprint density at radius 3 is 2.58 bits per heavy atom. The Balaban J connectivity index is 1.40. The largest absolute Gasteiger partial charge is 0.487 e. The van der Waals surface area contributed by atoms with Gasteiger partial charge in [0.05, 0.1) is 24.6 Å². The first-order valence-corrected chi connectivity index (χ1v) is 11.6. The molecule has 1 N–H and O–H groups in total. The minimum Gasteiger partial charge on any atom is -0.487 e. The van der Waals surface area contributed by atoms with Crippen molar-refractivity contribution in [2.24, 2.45) is 7.05 Å². The van der Waals surface area contributed by atoms with Crippen LogP contribution in [0.25, 0.3) is 21.9 Å². The van der Waals surface area contributed by atoms with Gasteiger partial charge in [-0.25, -0.2) is 9.48 Å². The highest BCUT2D eigenvalue weighted by atomic mass is 16.5. The standard InChI is InChI=1S/C28H25N3O5/c1-16-12-17-14-18(36-25(17)23(13-16)19-8-4-7-11-22(19)28(34)35-3)15-29-26(32)24-20-9-5-6-10-21(20)27(33)31(2)30-24/h4-13,18H,14-15H2,1-3H3,(H,29,32). The summed E-state index contributed by atoms with van der Waals surface area (Å²) in [6.07, 6.45) is 0.306. The van der Waals surface area contributed by atoms with Crippen LogP contribution in [0.5, 0.6) is 5.75 Å². The second-order valence-corrected chi connectivity index (χ2v) is 8.81. The number of hydrogen-bond acceptors (Lipinski definition) is 6. The molecule has 182 valence electrons. The van der Waals surface area contributed by atoms with E-state index < -0.39 is 5.97 Å². The molecule has 0 spiro atoms. The van der Waals surface area contributed by atoms with E-state index in [-0.39, 0.29) is 29.8 Å². The quantitative estimate of drug-likeness (QED) is 0.437. The molecule has 0 saturated carbocycles. The Labute approximate surface area is 207 Å². The van der Waals surface area contributed by atoms with Crippen molar-refractivity contribution in [3.63, 3.8) is 0 Å². The number of nitrogens with zero attached hydrogens (tertiary/aromatic N) is 2. The number of benzene rings is 3. The van der Waals surface area contributed by atoms with E-state index in [0.717, 1.165) is 22.3 Å². The normalized spacial score (nSPS) is 14.2. The van der Waals surface area contributed by atoms with E-state index >= 15 is 0 Å². The predicted molar refractivity (Wildman–Crippen MR) is 135 cm³/mol. The Morgan fingerprint density at radius 1 is 1.08 bits per heavy atom. The number of ether oxygens (including phenoxy) is 2. The van der Waals surface area contributed by atoms with Crippen molar-refractivity contribution >= 4 is 22.6 Å². The molecule has 1 aromatic heterocycles. The van der Waals surface area contributed by atoms with Crippen molar-refractivity contribution in [3.8, 4) is 16.9 Å². The maximum Gasteiger partial charge on any atom is 0.338 e. The van der Waals surface area contributed by atoms with Crippen LogP contribution in [0.1, 0.15) is 32.0 Å². The lowest BCUT2D eigenvalue weighted by Gasteiger charge is -2.15. The van der Waals surface area contributed by atoms with Crippen LogP contribution < -0.4 is 15.6 Å². The van der Waals surface area contributed by atoms with Gasteiger partial charge in [0.25, 0.3) is 11.5 Å². The highest BCUT2D eigenvalue weighted by molar-refractivity contribution is 6.04. The molecule has 8 nitrogen and oxygen atoms in total. The number of aryl methyl sites for hydroxylation is 2. The smallest absolute Gasteiger partial charge is 0.338 e. The highest BCUT2D eigenvalue weighted by Gasteiger charge is 2.29. The monoisotopic (exact) mass is 483 g/mol. The van der Waals surface area contributed by atoms with Crippen LogP contribution in [0.3, 0.4) is 0 Å². The van der Waals surface area contributed by atoms with Crippen molar-refractivity contribution in [2.75, 3.05) is 13.7 Å². The maximum absolute atomic E-state index is 13.1. The van der Waals surface area contributed by atoms with Gasteiger partial charge in [-0.3, -0.25) is 9.59 Å². The minimum absolute atomic E-state index is 0.187. The molecule has 1 unspecified atom stereocenters. The number of rotatable bonds is 5. The molecule has 1 aliphatic rings. The van der Waals surface area contributed by atoms with E-state index in [2.05, 4.69) is 16.5 Å². The number of aromatic nitrogens is 2. The van der Waals surface area contributed by atoms with Gasteiger partial charge in [0.1, 0.15) is 11.9 Å². The van der Waals surface area contributed by atoms with Gasteiger partial charge in [0.15, 0.2) is 5.69 Å². The Kier molecular flexibility index (Phi) is 6.01. The Morgan fingerprint density at radius 2 is 1.81 bits per heavy atom. The average molecular weight is 484 g/mol. The van der Waals surface area contributed by atoms with Crippen molar-refractivity contribution in [1.29, 1.82) is 0 Å². The maximum atomic E-state index is 13.1. The van der Waals surface area contributed by atoms with Crippen LogP contribution in [-0.2, 0) is 18.2 Å². The van der Waals surface area contributed by atoms with Crippen LogP contribution in [0.15, 0.2) is 65.5 Å². The van der Waals surface area contributed by atoms with Gasteiger partial charge in [-0.05, 0) is 41.8 Å². The molecule has 2 heterocycles. The topological polar surface area (TPSA) is 99.5 Å². The third-order valence-electron chi connectivity index (χ3n) is 6.33. The minimum atomic E-state index is -0.417. The number of amides is 1. The Hall–Kier alpha value is -4.46. The van der Waals surface area contributed by atoms with Crippen LogP contribution >= 0.6 is 0 Å². The van der Waals surface area contributed by atoms with Gasteiger partial charge < -0.3 is 14.8 Å². The molecular weight excluding hydrogens is 458 g/mol. The first-order chi connectivity index (χ1) is 17.4. The van der Waals surface area contributed by atoms with E-state index in [1.54, 1.807) is 36.4 Å².